The molecule has 0 saturated carbocycles. The van der Waals surface area contributed by atoms with E-state index in [1.165, 1.54) is 0 Å². The van der Waals surface area contributed by atoms with Crippen LogP contribution >= 0.6 is 0 Å². The summed E-state index contributed by atoms with van der Waals surface area (Å²) in [6.07, 6.45) is 0. The zero-order chi connectivity index (χ0) is 4.50. The molecule has 0 rings (SSSR count). The van der Waals surface area contributed by atoms with Crippen LogP contribution in [0.1, 0.15) is 0 Å². The normalized spacial score (nSPS) is 9.50. The van der Waals surface area contributed by atoms with Gasteiger partial charge in [-0.25, -0.2) is 0 Å². The van der Waals surface area contributed by atoms with E-state index in [0.717, 1.165) is 0 Å². The maximum absolute atomic E-state index is 8.69. The molecule has 0 aromatic carbocycles. The molecule has 0 fully saturated rings. The Kier molecular flexibility index (Phi) is 4.69. The summed E-state index contributed by atoms with van der Waals surface area (Å²) < 4.78 is 33.1. The second kappa shape index (κ2) is 2.85. The molecule has 0 heterocycles. The van der Waals surface area contributed by atoms with Crippen LogP contribution in [-0.4, -0.2) is 4.19 Å². The predicted molar refractivity (Wildman–Crippen MR) is 4.28 cm³/mol. The molecule has 0 aliphatic carbocycles. The molecule has 0 aliphatic heterocycles. The van der Waals surface area contributed by atoms with Gasteiger partial charge in [0, 0.05) is 25.8 Å². The van der Waals surface area contributed by atoms with Gasteiger partial charge < -0.3 is 0 Å². The van der Waals surface area contributed by atoms with E-state index in [0.29, 0.717) is 0 Å². The Hall–Kier alpha value is 0.750. The Labute approximate surface area is 54.5 Å². The summed E-state index contributed by atoms with van der Waals surface area (Å²) in [4.78, 5) is 0. The van der Waals surface area contributed by atoms with E-state index in [-0.39, 0.29) is 25.8 Å². The van der Waals surface area contributed by atoms with Crippen LogP contribution in [0.2, 0.25) is 0 Å². The molecule has 6 heavy (non-hydrogen) atoms. The van der Waals surface area contributed by atoms with Gasteiger partial charge in [0.05, 0.1) is 0 Å². The van der Waals surface area contributed by atoms with Crippen molar-refractivity contribution in [3.8, 4) is 0 Å². The SMILES string of the molecule is [O]=[Mn](=[O])(=[O])[OH].[Sc]. The summed E-state index contributed by atoms with van der Waals surface area (Å²) in [6.45, 7) is 0. The minimum absolute atomic E-state index is 0. The van der Waals surface area contributed by atoms with Crippen molar-refractivity contribution in [2.45, 2.75) is 0 Å². The molecule has 0 saturated heterocycles. The van der Waals surface area contributed by atoms with Crippen LogP contribution in [0.4, 0.5) is 0 Å². The zero-order valence-corrected chi connectivity index (χ0v) is 5.61. The van der Waals surface area contributed by atoms with Gasteiger partial charge in [0.1, 0.15) is 0 Å². The molecule has 0 spiro atoms. The first-order valence-corrected chi connectivity index (χ1v) is 2.61. The zero-order valence-electron chi connectivity index (χ0n) is 2.63. The molecule has 35 valence electrons. The molecule has 0 bridgehead atoms. The Balaban J connectivity index is 0. The van der Waals surface area contributed by atoms with Crippen LogP contribution in [0, 0.1) is 0 Å². The van der Waals surface area contributed by atoms with Crippen molar-refractivity contribution in [3.05, 3.63) is 0 Å². The van der Waals surface area contributed by atoms with Crippen LogP contribution in [-0.2, 0) is 50.3 Å². The first-order chi connectivity index (χ1) is 2.00. The van der Waals surface area contributed by atoms with Gasteiger partial charge in [0.15, 0.2) is 0 Å². The fourth-order valence-electron chi connectivity index (χ4n) is 0. The van der Waals surface area contributed by atoms with Crippen molar-refractivity contribution in [2.24, 2.45) is 0 Å². The molecule has 0 aromatic rings. The van der Waals surface area contributed by atoms with E-state index in [1.807, 2.05) is 0 Å². The molecule has 1 N–H and O–H groups in total. The van der Waals surface area contributed by atoms with Gasteiger partial charge >= 0.3 is 28.7 Å². The van der Waals surface area contributed by atoms with Crippen LogP contribution in [0.25, 0.3) is 0 Å². The average Bonchev–Trinajstić information content (AvgIpc) is 0.722. The molecule has 1 radical (unpaired) electrons. The van der Waals surface area contributed by atoms with Crippen molar-refractivity contribution in [3.63, 3.8) is 0 Å². The quantitative estimate of drug-likeness (QED) is 0.471. The molecule has 0 aliphatic rings. The van der Waals surface area contributed by atoms with Gasteiger partial charge in [-0.15, -0.1) is 0 Å². The van der Waals surface area contributed by atoms with Crippen LogP contribution in [0.15, 0.2) is 0 Å². The fourth-order valence-corrected chi connectivity index (χ4v) is 0. The van der Waals surface area contributed by atoms with Gasteiger partial charge in [-0.1, -0.05) is 0 Å². The van der Waals surface area contributed by atoms with E-state index < -0.39 is 13.0 Å². The Bertz CT molecular complexity index is 129. The predicted octanol–water partition coefficient (Wildman–Crippen LogP) is -0.918. The average molecular weight is 165 g/mol. The van der Waals surface area contributed by atoms with E-state index in [9.17, 15) is 0 Å². The number of hydrogen-bond acceptors (Lipinski definition) is 3. The standard InChI is InChI=1S/Mn.H2O.3O.Sc/h;1H2;;;;/q+1;;;;;/p-1. The Morgan fingerprint density at radius 3 is 1.17 bits per heavy atom. The molecule has 0 unspecified atom stereocenters. The molecule has 0 aromatic heterocycles. The molecule has 6 heteroatoms. The van der Waals surface area contributed by atoms with Gasteiger partial charge in [0.2, 0.25) is 0 Å². The van der Waals surface area contributed by atoms with Gasteiger partial charge in [-0.2, -0.15) is 0 Å². The largest absolute Gasteiger partial charge is 0 e. The van der Waals surface area contributed by atoms with Crippen molar-refractivity contribution >= 4 is 0 Å². The minimum atomic E-state index is -5.38. The second-order valence-corrected chi connectivity index (χ2v) is 1.63. The van der Waals surface area contributed by atoms with Crippen molar-refractivity contribution < 1.29 is 54.5 Å². The summed E-state index contributed by atoms with van der Waals surface area (Å²) in [7, 11) is 0. The summed E-state index contributed by atoms with van der Waals surface area (Å²) in [6, 6.07) is 0. The third-order valence-corrected chi connectivity index (χ3v) is 0. The van der Waals surface area contributed by atoms with E-state index in [4.69, 9.17) is 15.7 Å². The first-order valence-electron chi connectivity index (χ1n) is 0.632. The van der Waals surface area contributed by atoms with Crippen LogP contribution in [0.3, 0.4) is 0 Å². The van der Waals surface area contributed by atoms with Crippen LogP contribution in [0.5, 0.6) is 0 Å². The van der Waals surface area contributed by atoms with Gasteiger partial charge in [-0.3, -0.25) is 0 Å². The summed E-state index contributed by atoms with van der Waals surface area (Å²) in [5.41, 5.74) is 0. The molecule has 4 nitrogen and oxygen atoms in total. The van der Waals surface area contributed by atoms with Gasteiger partial charge in [-0.05, 0) is 0 Å². The van der Waals surface area contributed by atoms with Gasteiger partial charge in [0.25, 0.3) is 0 Å². The summed E-state index contributed by atoms with van der Waals surface area (Å²) in [5.74, 6) is 0. The monoisotopic (exact) mass is 165 g/mol. The topological polar surface area (TPSA) is 71.4 Å². The van der Waals surface area contributed by atoms with Crippen molar-refractivity contribution in [2.75, 3.05) is 0 Å². The first kappa shape index (κ1) is 9.89. The summed E-state index contributed by atoms with van der Waals surface area (Å²) in [5, 5.41) is 0. The number of hydrogen-bond donors (Lipinski definition) is 1. The number of rotatable bonds is 0. The van der Waals surface area contributed by atoms with E-state index in [2.05, 4.69) is 0 Å². The van der Waals surface area contributed by atoms with Crippen LogP contribution < -0.4 is 0 Å². The molecular weight excluding hydrogens is 164 g/mol. The fraction of sp³-hybridized carbons (Fsp3) is 0. The maximum Gasteiger partial charge on any atom is 0 e. The smallest absolute Gasteiger partial charge is 0 e. The third kappa shape index (κ3) is 119. The maximum atomic E-state index is 8.69. The minimum Gasteiger partial charge on any atom is 0 e. The third-order valence-electron chi connectivity index (χ3n) is 0. The summed E-state index contributed by atoms with van der Waals surface area (Å²) >= 11 is -5.38. The van der Waals surface area contributed by atoms with E-state index in [1.54, 1.807) is 0 Å². The second-order valence-electron chi connectivity index (χ2n) is 0.396. The Morgan fingerprint density at radius 2 is 1.17 bits per heavy atom. The molecule has 0 amide bonds. The van der Waals surface area contributed by atoms with Crippen molar-refractivity contribution in [1.82, 2.24) is 0 Å². The molecule has 0 atom stereocenters. The van der Waals surface area contributed by atoms with Crippen molar-refractivity contribution in [1.29, 1.82) is 0 Å². The van der Waals surface area contributed by atoms with E-state index >= 15 is 0 Å². The Morgan fingerprint density at radius 1 is 1.17 bits per heavy atom. The molecular formula is HMnO4Sc.